The van der Waals surface area contributed by atoms with Crippen molar-refractivity contribution in [2.75, 3.05) is 7.11 Å². The second kappa shape index (κ2) is 4.79. The van der Waals surface area contributed by atoms with Crippen molar-refractivity contribution in [2.24, 2.45) is 16.5 Å². The van der Waals surface area contributed by atoms with Crippen LogP contribution in [0.3, 0.4) is 0 Å². The van der Waals surface area contributed by atoms with Gasteiger partial charge in [0.25, 0.3) is 5.91 Å². The van der Waals surface area contributed by atoms with Gasteiger partial charge in [0.15, 0.2) is 5.96 Å². The van der Waals surface area contributed by atoms with Crippen molar-refractivity contribution in [3.8, 4) is 11.8 Å². The minimum atomic E-state index is -0.598. The smallest absolute Gasteiger partial charge is 0.280 e. The van der Waals surface area contributed by atoms with Crippen molar-refractivity contribution >= 4 is 11.9 Å². The number of ether oxygens (including phenoxy) is 1. The van der Waals surface area contributed by atoms with Crippen molar-refractivity contribution in [3.05, 3.63) is 29.3 Å². The van der Waals surface area contributed by atoms with Crippen LogP contribution in [0, 0.1) is 11.3 Å². The second-order valence-corrected chi connectivity index (χ2v) is 2.87. The molecule has 0 bridgehead atoms. The zero-order valence-corrected chi connectivity index (χ0v) is 8.60. The molecule has 0 heterocycles. The highest BCUT2D eigenvalue weighted by Crippen LogP contribution is 2.19. The molecule has 1 aromatic rings. The molecule has 0 aromatic heterocycles. The van der Waals surface area contributed by atoms with Gasteiger partial charge in [0.1, 0.15) is 11.8 Å². The lowest BCUT2D eigenvalue weighted by molar-refractivity contribution is 0.100. The standard InChI is InChI=1S/C10H10N4O2/c1-16-8-3-2-6(4-7(8)5-11)9(15)14-10(12)13/h2-4H,1H3,(H4,12,13,14,15). The lowest BCUT2D eigenvalue weighted by Gasteiger charge is -2.03. The number of hydrogen-bond acceptors (Lipinski definition) is 3. The highest BCUT2D eigenvalue weighted by atomic mass is 16.5. The molecule has 0 spiro atoms. The normalized spacial score (nSPS) is 9.00. The summed E-state index contributed by atoms with van der Waals surface area (Å²) in [4.78, 5) is 14.8. The Balaban J connectivity index is 3.15. The molecule has 1 rings (SSSR count). The van der Waals surface area contributed by atoms with Gasteiger partial charge in [-0.2, -0.15) is 10.3 Å². The predicted octanol–water partition coefficient (Wildman–Crippen LogP) is -0.0195. The first kappa shape index (κ1) is 11.5. The number of amides is 1. The molecule has 0 aliphatic heterocycles. The van der Waals surface area contributed by atoms with Crippen LogP contribution in [-0.4, -0.2) is 19.0 Å². The molecule has 0 fully saturated rings. The third-order valence-corrected chi connectivity index (χ3v) is 1.80. The zero-order valence-electron chi connectivity index (χ0n) is 8.60. The van der Waals surface area contributed by atoms with E-state index in [0.717, 1.165) is 0 Å². The Hall–Kier alpha value is -2.55. The largest absolute Gasteiger partial charge is 0.495 e. The third kappa shape index (κ3) is 2.48. The second-order valence-electron chi connectivity index (χ2n) is 2.87. The minimum Gasteiger partial charge on any atom is -0.495 e. The summed E-state index contributed by atoms with van der Waals surface area (Å²) in [7, 11) is 1.44. The van der Waals surface area contributed by atoms with E-state index in [9.17, 15) is 4.79 Å². The fourth-order valence-corrected chi connectivity index (χ4v) is 1.11. The molecule has 16 heavy (non-hydrogen) atoms. The van der Waals surface area contributed by atoms with Gasteiger partial charge in [0, 0.05) is 5.56 Å². The summed E-state index contributed by atoms with van der Waals surface area (Å²) in [5.41, 5.74) is 10.6. The molecular weight excluding hydrogens is 208 g/mol. The Labute approximate surface area is 92.1 Å². The quantitative estimate of drug-likeness (QED) is 0.534. The van der Waals surface area contributed by atoms with Crippen LogP contribution in [0.15, 0.2) is 23.2 Å². The van der Waals surface area contributed by atoms with Gasteiger partial charge in [0.05, 0.1) is 12.7 Å². The maximum atomic E-state index is 11.4. The summed E-state index contributed by atoms with van der Waals surface area (Å²) in [6, 6.07) is 6.26. The van der Waals surface area contributed by atoms with Crippen LogP contribution in [0.2, 0.25) is 0 Å². The van der Waals surface area contributed by atoms with E-state index in [2.05, 4.69) is 4.99 Å². The molecule has 1 amide bonds. The Bertz CT molecular complexity index is 484. The number of nitriles is 1. The molecule has 82 valence electrons. The van der Waals surface area contributed by atoms with Crippen LogP contribution < -0.4 is 16.2 Å². The molecule has 0 saturated carbocycles. The summed E-state index contributed by atoms with van der Waals surface area (Å²) < 4.78 is 4.93. The molecule has 0 atom stereocenters. The van der Waals surface area contributed by atoms with Gasteiger partial charge in [-0.1, -0.05) is 0 Å². The number of carbonyl (C=O) groups is 1. The highest BCUT2D eigenvalue weighted by Gasteiger charge is 2.09. The maximum Gasteiger partial charge on any atom is 0.280 e. The van der Waals surface area contributed by atoms with Crippen LogP contribution in [0.5, 0.6) is 5.75 Å². The summed E-state index contributed by atoms with van der Waals surface area (Å²) >= 11 is 0. The number of guanidine groups is 1. The van der Waals surface area contributed by atoms with Crippen molar-refractivity contribution in [1.82, 2.24) is 0 Å². The van der Waals surface area contributed by atoms with E-state index in [0.29, 0.717) is 5.75 Å². The van der Waals surface area contributed by atoms with Crippen molar-refractivity contribution in [3.63, 3.8) is 0 Å². The van der Waals surface area contributed by atoms with E-state index in [1.54, 1.807) is 0 Å². The number of nitrogens with two attached hydrogens (primary N) is 2. The van der Waals surface area contributed by atoms with Crippen LogP contribution in [0.4, 0.5) is 0 Å². The number of benzene rings is 1. The first-order chi connectivity index (χ1) is 7.58. The lowest BCUT2D eigenvalue weighted by atomic mass is 10.1. The van der Waals surface area contributed by atoms with Crippen LogP contribution >= 0.6 is 0 Å². The van der Waals surface area contributed by atoms with Gasteiger partial charge < -0.3 is 16.2 Å². The monoisotopic (exact) mass is 218 g/mol. The molecule has 0 aliphatic carbocycles. The van der Waals surface area contributed by atoms with Crippen molar-refractivity contribution in [1.29, 1.82) is 5.26 Å². The summed E-state index contributed by atoms with van der Waals surface area (Å²) in [5, 5.41) is 8.81. The first-order valence-electron chi connectivity index (χ1n) is 4.30. The van der Waals surface area contributed by atoms with E-state index in [1.165, 1.54) is 25.3 Å². The molecular formula is C10H10N4O2. The van der Waals surface area contributed by atoms with Gasteiger partial charge in [-0.25, -0.2) is 0 Å². The van der Waals surface area contributed by atoms with Gasteiger partial charge in [-0.3, -0.25) is 4.79 Å². The van der Waals surface area contributed by atoms with Crippen LogP contribution in [0.25, 0.3) is 0 Å². The van der Waals surface area contributed by atoms with Gasteiger partial charge >= 0.3 is 0 Å². The molecule has 6 heteroatoms. The van der Waals surface area contributed by atoms with E-state index >= 15 is 0 Å². The van der Waals surface area contributed by atoms with Crippen molar-refractivity contribution < 1.29 is 9.53 Å². The fourth-order valence-electron chi connectivity index (χ4n) is 1.11. The predicted molar refractivity (Wildman–Crippen MR) is 57.8 cm³/mol. The Morgan fingerprint density at radius 3 is 2.69 bits per heavy atom. The number of hydrogen-bond donors (Lipinski definition) is 2. The minimum absolute atomic E-state index is 0.228. The average Bonchev–Trinajstić information content (AvgIpc) is 2.27. The molecule has 0 unspecified atom stereocenters. The summed E-state index contributed by atoms with van der Waals surface area (Å²) in [6.07, 6.45) is 0. The topological polar surface area (TPSA) is 114 Å². The SMILES string of the molecule is COc1ccc(C(=O)N=C(N)N)cc1C#N. The molecule has 0 aliphatic rings. The van der Waals surface area contributed by atoms with E-state index in [4.69, 9.17) is 21.5 Å². The van der Waals surface area contributed by atoms with Crippen LogP contribution in [0.1, 0.15) is 15.9 Å². The number of methoxy groups -OCH3 is 1. The summed E-state index contributed by atoms with van der Waals surface area (Å²) in [5.74, 6) is -0.526. The number of nitrogens with zero attached hydrogens (tertiary/aromatic N) is 2. The molecule has 1 aromatic carbocycles. The molecule has 0 radical (unpaired) electrons. The highest BCUT2D eigenvalue weighted by molar-refractivity contribution is 6.02. The molecule has 6 nitrogen and oxygen atoms in total. The maximum absolute atomic E-state index is 11.4. The first-order valence-corrected chi connectivity index (χ1v) is 4.30. The number of aliphatic imine (C=N–C) groups is 1. The Kier molecular flexibility index (Phi) is 3.45. The fraction of sp³-hybridized carbons (Fsp3) is 0.100. The van der Waals surface area contributed by atoms with Gasteiger partial charge in [0.2, 0.25) is 0 Å². The third-order valence-electron chi connectivity index (χ3n) is 1.80. The van der Waals surface area contributed by atoms with E-state index in [1.807, 2.05) is 6.07 Å². The molecule has 0 saturated heterocycles. The Morgan fingerprint density at radius 2 is 2.19 bits per heavy atom. The number of carbonyl (C=O) groups excluding carboxylic acids is 1. The van der Waals surface area contributed by atoms with E-state index < -0.39 is 5.91 Å². The molecule has 4 N–H and O–H groups in total. The average molecular weight is 218 g/mol. The van der Waals surface area contributed by atoms with E-state index in [-0.39, 0.29) is 17.1 Å². The number of rotatable bonds is 2. The lowest BCUT2D eigenvalue weighted by Crippen LogP contribution is -2.24. The van der Waals surface area contributed by atoms with Crippen LogP contribution in [-0.2, 0) is 0 Å². The van der Waals surface area contributed by atoms with Gasteiger partial charge in [-0.15, -0.1) is 0 Å². The Morgan fingerprint density at radius 1 is 1.50 bits per heavy atom. The van der Waals surface area contributed by atoms with Gasteiger partial charge in [-0.05, 0) is 18.2 Å². The summed E-state index contributed by atoms with van der Waals surface area (Å²) in [6.45, 7) is 0. The zero-order chi connectivity index (χ0) is 12.1. The van der Waals surface area contributed by atoms with Crippen molar-refractivity contribution in [2.45, 2.75) is 0 Å².